The Bertz CT molecular complexity index is 291. The average molecular weight is 225 g/mol. The van der Waals surface area contributed by atoms with Crippen molar-refractivity contribution in [3.63, 3.8) is 0 Å². The molecule has 0 saturated heterocycles. The van der Waals surface area contributed by atoms with Gasteiger partial charge in [-0.1, -0.05) is 13.0 Å². The number of aromatic nitrogens is 1. The van der Waals surface area contributed by atoms with Gasteiger partial charge in [-0.2, -0.15) is 11.8 Å². The van der Waals surface area contributed by atoms with Crippen LogP contribution in [0.2, 0.25) is 0 Å². The fraction of sp³-hybridized carbons (Fsp3) is 0.545. The Morgan fingerprint density at radius 2 is 2.40 bits per heavy atom. The van der Waals surface area contributed by atoms with Gasteiger partial charge in [0, 0.05) is 18.0 Å². The quantitative estimate of drug-likeness (QED) is 0.771. The Balaban J connectivity index is 2.54. The summed E-state index contributed by atoms with van der Waals surface area (Å²) >= 11 is 1.94. The number of nitrogens with zero attached hydrogens (tertiary/aromatic N) is 1. The largest absolute Gasteiger partial charge is 0.383 e. The molecule has 1 aromatic rings. The Morgan fingerprint density at radius 3 is 3.00 bits per heavy atom. The highest BCUT2D eigenvalue weighted by atomic mass is 32.2. The summed E-state index contributed by atoms with van der Waals surface area (Å²) in [4.78, 5) is 4.09. The van der Waals surface area contributed by atoms with Gasteiger partial charge in [-0.3, -0.25) is 0 Å². The van der Waals surface area contributed by atoms with Gasteiger partial charge in [0.25, 0.3) is 0 Å². The van der Waals surface area contributed by atoms with E-state index in [9.17, 15) is 0 Å². The molecule has 3 N–H and O–H groups in total. The van der Waals surface area contributed by atoms with Crippen molar-refractivity contribution in [1.82, 2.24) is 10.3 Å². The Morgan fingerprint density at radius 1 is 1.60 bits per heavy atom. The van der Waals surface area contributed by atoms with Crippen molar-refractivity contribution in [2.45, 2.75) is 19.4 Å². The van der Waals surface area contributed by atoms with E-state index in [1.807, 2.05) is 30.9 Å². The Labute approximate surface area is 95.9 Å². The molecular weight excluding hydrogens is 206 g/mol. The molecule has 0 fully saturated rings. The smallest absolute Gasteiger partial charge is 0.126 e. The number of likely N-dealkylation sites (N-methyl/N-ethyl adjacent to an activating group) is 1. The van der Waals surface area contributed by atoms with E-state index < -0.39 is 0 Å². The molecule has 1 rings (SSSR count). The fourth-order valence-corrected chi connectivity index (χ4v) is 2.20. The standard InChI is InChI=1S/C11H19N3S/c1-3-15-8-10(13-2)7-9-5-4-6-14-11(9)12/h4-6,10,13H,3,7-8H2,1-2H3,(H2,12,14). The van der Waals surface area contributed by atoms with E-state index >= 15 is 0 Å². The van der Waals surface area contributed by atoms with Crippen LogP contribution in [0.15, 0.2) is 18.3 Å². The number of hydrogen-bond acceptors (Lipinski definition) is 4. The van der Waals surface area contributed by atoms with Crippen LogP contribution in [0.25, 0.3) is 0 Å². The van der Waals surface area contributed by atoms with E-state index in [4.69, 9.17) is 5.73 Å². The molecule has 0 aliphatic heterocycles. The second-order valence-electron chi connectivity index (χ2n) is 3.40. The van der Waals surface area contributed by atoms with E-state index in [0.717, 1.165) is 23.5 Å². The number of nitrogens with two attached hydrogens (primary N) is 1. The van der Waals surface area contributed by atoms with Gasteiger partial charge in [0.15, 0.2) is 0 Å². The van der Waals surface area contributed by atoms with Crippen LogP contribution in [0.4, 0.5) is 5.82 Å². The molecule has 1 atom stereocenters. The molecule has 15 heavy (non-hydrogen) atoms. The normalized spacial score (nSPS) is 12.7. The van der Waals surface area contributed by atoms with E-state index in [0.29, 0.717) is 11.9 Å². The highest BCUT2D eigenvalue weighted by Crippen LogP contribution is 2.12. The number of nitrogens with one attached hydrogen (secondary N) is 1. The number of nitrogen functional groups attached to an aromatic ring is 1. The zero-order valence-corrected chi connectivity index (χ0v) is 10.2. The van der Waals surface area contributed by atoms with Gasteiger partial charge in [-0.15, -0.1) is 0 Å². The van der Waals surface area contributed by atoms with E-state index in [1.54, 1.807) is 6.20 Å². The molecular formula is C11H19N3S. The summed E-state index contributed by atoms with van der Waals surface area (Å²) in [5, 5.41) is 3.31. The van der Waals surface area contributed by atoms with E-state index in [-0.39, 0.29) is 0 Å². The highest BCUT2D eigenvalue weighted by Gasteiger charge is 2.09. The van der Waals surface area contributed by atoms with Crippen molar-refractivity contribution in [1.29, 1.82) is 0 Å². The first-order chi connectivity index (χ1) is 7.27. The third kappa shape index (κ3) is 4.10. The zero-order valence-electron chi connectivity index (χ0n) is 9.36. The summed E-state index contributed by atoms with van der Waals surface area (Å²) in [7, 11) is 1.99. The molecule has 1 heterocycles. The first-order valence-corrected chi connectivity index (χ1v) is 6.37. The molecule has 1 aromatic heterocycles. The molecule has 0 bridgehead atoms. The minimum atomic E-state index is 0.474. The number of anilines is 1. The maximum Gasteiger partial charge on any atom is 0.126 e. The van der Waals surface area contributed by atoms with Gasteiger partial charge in [0.1, 0.15) is 5.82 Å². The molecule has 0 aromatic carbocycles. The van der Waals surface area contributed by atoms with Crippen LogP contribution in [-0.4, -0.2) is 29.6 Å². The Kier molecular flexibility index (Phi) is 5.50. The summed E-state index contributed by atoms with van der Waals surface area (Å²) in [6.07, 6.45) is 2.68. The van der Waals surface area contributed by atoms with Crippen molar-refractivity contribution in [3.05, 3.63) is 23.9 Å². The lowest BCUT2D eigenvalue weighted by Gasteiger charge is -2.16. The summed E-state index contributed by atoms with van der Waals surface area (Å²) in [6, 6.07) is 4.45. The van der Waals surface area contributed by atoms with Crippen molar-refractivity contribution in [3.8, 4) is 0 Å². The molecule has 0 spiro atoms. The van der Waals surface area contributed by atoms with Gasteiger partial charge >= 0.3 is 0 Å². The van der Waals surface area contributed by atoms with Gasteiger partial charge in [0.2, 0.25) is 0 Å². The van der Waals surface area contributed by atoms with Crippen LogP contribution in [0.3, 0.4) is 0 Å². The van der Waals surface area contributed by atoms with Crippen molar-refractivity contribution in [2.24, 2.45) is 0 Å². The summed E-state index contributed by atoms with van der Waals surface area (Å²) in [5.74, 6) is 2.92. The second-order valence-corrected chi connectivity index (χ2v) is 4.72. The maximum absolute atomic E-state index is 5.81. The van der Waals surface area contributed by atoms with E-state index in [1.165, 1.54) is 0 Å². The average Bonchev–Trinajstić information content (AvgIpc) is 2.26. The second kappa shape index (κ2) is 6.69. The van der Waals surface area contributed by atoms with Gasteiger partial charge < -0.3 is 11.1 Å². The summed E-state index contributed by atoms with van der Waals surface area (Å²) < 4.78 is 0. The maximum atomic E-state index is 5.81. The van der Waals surface area contributed by atoms with Crippen molar-refractivity contribution >= 4 is 17.6 Å². The molecule has 0 aliphatic rings. The minimum Gasteiger partial charge on any atom is -0.383 e. The van der Waals surface area contributed by atoms with Crippen LogP contribution in [0.1, 0.15) is 12.5 Å². The van der Waals surface area contributed by atoms with Gasteiger partial charge in [0.05, 0.1) is 0 Å². The number of hydrogen-bond donors (Lipinski definition) is 2. The van der Waals surface area contributed by atoms with Crippen LogP contribution in [0, 0.1) is 0 Å². The van der Waals surface area contributed by atoms with Crippen LogP contribution < -0.4 is 11.1 Å². The van der Waals surface area contributed by atoms with Crippen molar-refractivity contribution in [2.75, 3.05) is 24.3 Å². The zero-order chi connectivity index (χ0) is 11.1. The monoisotopic (exact) mass is 225 g/mol. The molecule has 1 unspecified atom stereocenters. The predicted molar refractivity (Wildman–Crippen MR) is 68.2 cm³/mol. The lowest BCUT2D eigenvalue weighted by Crippen LogP contribution is -2.30. The molecule has 3 nitrogen and oxygen atoms in total. The number of thioether (sulfide) groups is 1. The molecule has 4 heteroatoms. The van der Waals surface area contributed by atoms with Crippen molar-refractivity contribution < 1.29 is 0 Å². The lowest BCUT2D eigenvalue weighted by molar-refractivity contribution is 0.617. The molecule has 0 amide bonds. The SMILES string of the molecule is CCSCC(Cc1cccnc1N)NC. The topological polar surface area (TPSA) is 50.9 Å². The third-order valence-corrected chi connectivity index (χ3v) is 3.37. The minimum absolute atomic E-state index is 0.474. The fourth-order valence-electron chi connectivity index (χ4n) is 1.39. The molecule has 0 saturated carbocycles. The summed E-state index contributed by atoms with van der Waals surface area (Å²) in [5.41, 5.74) is 6.94. The lowest BCUT2D eigenvalue weighted by atomic mass is 10.1. The summed E-state index contributed by atoms with van der Waals surface area (Å²) in [6.45, 7) is 2.18. The highest BCUT2D eigenvalue weighted by molar-refractivity contribution is 7.99. The number of pyridine rings is 1. The first-order valence-electron chi connectivity index (χ1n) is 5.22. The Hall–Kier alpha value is -0.740. The van der Waals surface area contributed by atoms with E-state index in [2.05, 4.69) is 17.2 Å². The molecule has 0 radical (unpaired) electrons. The molecule has 84 valence electrons. The van der Waals surface area contributed by atoms with Crippen LogP contribution in [0.5, 0.6) is 0 Å². The van der Waals surface area contributed by atoms with Crippen LogP contribution in [-0.2, 0) is 6.42 Å². The number of rotatable bonds is 6. The third-order valence-electron chi connectivity index (χ3n) is 2.32. The van der Waals surface area contributed by atoms with Gasteiger partial charge in [-0.05, 0) is 30.9 Å². The molecule has 0 aliphatic carbocycles. The predicted octanol–water partition coefficient (Wildman–Crippen LogP) is 1.55. The van der Waals surface area contributed by atoms with Crippen LogP contribution >= 0.6 is 11.8 Å². The first kappa shape index (κ1) is 12.3. The van der Waals surface area contributed by atoms with Gasteiger partial charge in [-0.25, -0.2) is 4.98 Å².